The van der Waals surface area contributed by atoms with Crippen LogP contribution in [0, 0.1) is 5.92 Å². The highest BCUT2D eigenvalue weighted by Gasteiger charge is 2.62. The summed E-state index contributed by atoms with van der Waals surface area (Å²) >= 11 is 3.04. The van der Waals surface area contributed by atoms with Gasteiger partial charge in [-0.05, 0) is 31.2 Å². The first kappa shape index (κ1) is 21.9. The number of esters is 1. The van der Waals surface area contributed by atoms with E-state index in [1.165, 1.54) is 18.4 Å². The van der Waals surface area contributed by atoms with Crippen LogP contribution >= 0.6 is 22.7 Å². The minimum Gasteiger partial charge on any atom is -0.466 e. The molecule has 0 N–H and O–H groups in total. The molecular weight excluding hydrogens is 438 g/mol. The third kappa shape index (κ3) is 3.66. The number of ether oxygens (including phenoxy) is 2. The summed E-state index contributed by atoms with van der Waals surface area (Å²) in [5.41, 5.74) is -0.290. The Hall–Kier alpha value is -2.30. The lowest BCUT2D eigenvalue weighted by molar-refractivity contribution is -0.157. The number of nitrogens with zero attached hydrogens (tertiary/aromatic N) is 3. The number of amides is 2. The molecule has 0 saturated carbocycles. The van der Waals surface area contributed by atoms with Crippen LogP contribution in [0.25, 0.3) is 9.88 Å². The van der Waals surface area contributed by atoms with Crippen LogP contribution < -0.4 is 0 Å². The number of aromatic nitrogens is 1. The molecule has 0 bridgehead atoms. The molecular formula is C21H25N3O5S2. The molecule has 0 aliphatic carbocycles. The van der Waals surface area contributed by atoms with Gasteiger partial charge in [-0.25, -0.2) is 4.98 Å². The zero-order chi connectivity index (χ0) is 22.2. The van der Waals surface area contributed by atoms with Gasteiger partial charge in [0.25, 0.3) is 11.8 Å². The van der Waals surface area contributed by atoms with Crippen LogP contribution in [0.15, 0.2) is 22.9 Å². The molecule has 2 saturated heterocycles. The summed E-state index contributed by atoms with van der Waals surface area (Å²) in [7, 11) is 3.15. The highest BCUT2D eigenvalue weighted by molar-refractivity contribution is 7.20. The largest absolute Gasteiger partial charge is 0.466 e. The van der Waals surface area contributed by atoms with E-state index in [1.807, 2.05) is 17.5 Å². The third-order valence-corrected chi connectivity index (χ3v) is 8.17. The van der Waals surface area contributed by atoms with Gasteiger partial charge in [-0.1, -0.05) is 6.07 Å². The van der Waals surface area contributed by atoms with E-state index >= 15 is 0 Å². The molecule has 4 rings (SSSR count). The normalized spacial score (nSPS) is 22.9. The molecule has 2 fully saturated rings. The second-order valence-electron chi connectivity index (χ2n) is 7.69. The number of thiophene rings is 1. The second-order valence-corrected chi connectivity index (χ2v) is 9.50. The monoisotopic (exact) mass is 463 g/mol. The quantitative estimate of drug-likeness (QED) is 0.633. The number of likely N-dealkylation sites (tertiary alicyclic amines) is 2. The number of hydrogen-bond donors (Lipinski definition) is 0. The minimum atomic E-state index is -0.863. The number of methoxy groups -OCH3 is 1. The average molecular weight is 464 g/mol. The first-order chi connectivity index (χ1) is 14.9. The standard InChI is InChI=1S/C21H25N3O5S2/c1-4-29-20(27)15-16(28-3)19(26)23(2)21(15)7-9-24(10-8-21)18(25)13-12-31-17(22-13)14-6-5-11-30-14/h5-6,11-12,15-16H,4,7-10H2,1-3H3/t15-,16+/m0/s1. The Morgan fingerprint density at radius 3 is 2.65 bits per heavy atom. The van der Waals surface area contributed by atoms with Crippen molar-refractivity contribution >= 4 is 40.5 Å². The van der Waals surface area contributed by atoms with Crippen molar-refractivity contribution in [2.24, 2.45) is 5.92 Å². The number of hydrogen-bond acceptors (Lipinski definition) is 8. The Bertz CT molecular complexity index is 966. The van der Waals surface area contributed by atoms with Crippen molar-refractivity contribution in [3.05, 3.63) is 28.6 Å². The average Bonchev–Trinajstić information content (AvgIpc) is 3.51. The van der Waals surface area contributed by atoms with Gasteiger partial charge in [0.1, 0.15) is 16.6 Å². The molecule has 2 aliphatic heterocycles. The highest BCUT2D eigenvalue weighted by atomic mass is 32.1. The van der Waals surface area contributed by atoms with Gasteiger partial charge >= 0.3 is 5.97 Å². The molecule has 31 heavy (non-hydrogen) atoms. The fourth-order valence-electron chi connectivity index (χ4n) is 4.65. The Balaban J connectivity index is 1.51. The summed E-state index contributed by atoms with van der Waals surface area (Å²) < 4.78 is 10.7. The van der Waals surface area contributed by atoms with Crippen LogP contribution in [-0.4, -0.2) is 78.1 Å². The van der Waals surface area contributed by atoms with Crippen molar-refractivity contribution in [1.82, 2.24) is 14.8 Å². The van der Waals surface area contributed by atoms with E-state index in [4.69, 9.17) is 9.47 Å². The van der Waals surface area contributed by atoms with E-state index in [9.17, 15) is 14.4 Å². The smallest absolute Gasteiger partial charge is 0.314 e. The molecule has 2 atom stereocenters. The van der Waals surface area contributed by atoms with Crippen molar-refractivity contribution in [2.45, 2.75) is 31.4 Å². The van der Waals surface area contributed by atoms with Crippen molar-refractivity contribution in [3.8, 4) is 9.88 Å². The number of thiazole rings is 1. The van der Waals surface area contributed by atoms with Crippen molar-refractivity contribution in [2.75, 3.05) is 33.9 Å². The van der Waals surface area contributed by atoms with Gasteiger partial charge in [-0.3, -0.25) is 14.4 Å². The van der Waals surface area contributed by atoms with Gasteiger partial charge in [0.2, 0.25) is 0 Å². The zero-order valence-electron chi connectivity index (χ0n) is 17.7. The Kier molecular flexibility index (Phi) is 6.14. The molecule has 0 radical (unpaired) electrons. The molecule has 4 heterocycles. The maximum absolute atomic E-state index is 13.0. The van der Waals surface area contributed by atoms with Crippen LogP contribution in [0.5, 0.6) is 0 Å². The van der Waals surface area contributed by atoms with E-state index in [1.54, 1.807) is 40.5 Å². The topological polar surface area (TPSA) is 89.0 Å². The van der Waals surface area contributed by atoms with Gasteiger partial charge in [-0.15, -0.1) is 22.7 Å². The highest BCUT2D eigenvalue weighted by Crippen LogP contribution is 2.44. The Morgan fingerprint density at radius 1 is 1.29 bits per heavy atom. The van der Waals surface area contributed by atoms with E-state index in [0.29, 0.717) is 31.6 Å². The summed E-state index contributed by atoms with van der Waals surface area (Å²) in [6, 6.07) is 3.94. The van der Waals surface area contributed by atoms with Crippen LogP contribution in [0.3, 0.4) is 0 Å². The Labute approximate surface area is 188 Å². The number of carbonyl (C=O) groups excluding carboxylic acids is 3. The van der Waals surface area contributed by atoms with Gasteiger partial charge in [0, 0.05) is 32.6 Å². The molecule has 0 unspecified atom stereocenters. The summed E-state index contributed by atoms with van der Waals surface area (Å²) in [6.45, 7) is 2.83. The Morgan fingerprint density at radius 2 is 2.03 bits per heavy atom. The van der Waals surface area contributed by atoms with E-state index in [0.717, 1.165) is 9.88 Å². The molecule has 8 nitrogen and oxygen atoms in total. The fraction of sp³-hybridized carbons (Fsp3) is 0.524. The maximum Gasteiger partial charge on any atom is 0.314 e. The lowest BCUT2D eigenvalue weighted by Gasteiger charge is -2.45. The van der Waals surface area contributed by atoms with E-state index < -0.39 is 23.5 Å². The maximum atomic E-state index is 13.0. The predicted molar refractivity (Wildman–Crippen MR) is 117 cm³/mol. The van der Waals surface area contributed by atoms with Gasteiger partial charge in [0.05, 0.1) is 17.0 Å². The summed E-state index contributed by atoms with van der Waals surface area (Å²) in [4.78, 5) is 47.5. The van der Waals surface area contributed by atoms with E-state index in [-0.39, 0.29) is 18.4 Å². The summed E-state index contributed by atoms with van der Waals surface area (Å²) in [6.07, 6.45) is 0.0940. The van der Waals surface area contributed by atoms with Crippen LogP contribution in [0.4, 0.5) is 0 Å². The first-order valence-electron chi connectivity index (χ1n) is 10.2. The zero-order valence-corrected chi connectivity index (χ0v) is 19.3. The molecule has 2 aromatic heterocycles. The second kappa shape index (κ2) is 8.68. The lowest BCUT2D eigenvalue weighted by Crippen LogP contribution is -2.57. The summed E-state index contributed by atoms with van der Waals surface area (Å²) in [5, 5.41) is 4.60. The summed E-state index contributed by atoms with van der Waals surface area (Å²) in [5.74, 6) is -1.49. The molecule has 166 valence electrons. The minimum absolute atomic E-state index is 0.128. The van der Waals surface area contributed by atoms with E-state index in [2.05, 4.69) is 4.98 Å². The predicted octanol–water partition coefficient (Wildman–Crippen LogP) is 2.51. The molecule has 2 aromatic rings. The van der Waals surface area contributed by atoms with Gasteiger partial charge < -0.3 is 19.3 Å². The molecule has 10 heteroatoms. The number of carbonyl (C=O) groups is 3. The first-order valence-corrected chi connectivity index (χ1v) is 11.9. The fourth-order valence-corrected chi connectivity index (χ4v) is 6.25. The molecule has 1 spiro atoms. The third-order valence-electron chi connectivity index (χ3n) is 6.29. The number of rotatable bonds is 5. The van der Waals surface area contributed by atoms with Crippen molar-refractivity contribution < 1.29 is 23.9 Å². The van der Waals surface area contributed by atoms with Crippen LogP contribution in [0.2, 0.25) is 0 Å². The molecule has 2 amide bonds. The molecule has 0 aromatic carbocycles. The lowest BCUT2D eigenvalue weighted by atomic mass is 9.76. The molecule has 2 aliphatic rings. The van der Waals surface area contributed by atoms with Gasteiger partial charge in [0.15, 0.2) is 6.10 Å². The van der Waals surface area contributed by atoms with Gasteiger partial charge in [-0.2, -0.15) is 0 Å². The SMILES string of the molecule is CCOC(=O)[C@@H]1[C@@H](OC)C(=O)N(C)C12CCN(C(=O)c1csc(-c3cccs3)n1)CC2. The van der Waals surface area contributed by atoms with Crippen LogP contribution in [0.1, 0.15) is 30.3 Å². The number of piperidine rings is 1. The number of likely N-dealkylation sites (N-methyl/N-ethyl adjacent to an activating group) is 1. The van der Waals surface area contributed by atoms with Crippen molar-refractivity contribution in [3.63, 3.8) is 0 Å². The van der Waals surface area contributed by atoms with Crippen LogP contribution in [-0.2, 0) is 19.1 Å². The van der Waals surface area contributed by atoms with Crippen molar-refractivity contribution in [1.29, 1.82) is 0 Å².